The number of nitrogens with two attached hydrogens (primary N) is 1. The SMILES string of the molecule is C#Cc1ccc(CO[C@@H]2CCC(C(=O)Cc3snnc3-c3ccccc3)C2)cc1.C#Cc1ccc(CO[C@@H]2CCC(C(=O)O)C2)cc1.Nc1snnc1-c1ccccc1. The minimum absolute atomic E-state index is 0.0505. The van der Waals surface area contributed by atoms with Gasteiger partial charge in [0, 0.05) is 46.1 Å². The Morgan fingerprint density at radius 2 is 1.14 bits per heavy atom. The molecule has 0 amide bonds. The quantitative estimate of drug-likeness (QED) is 0.115. The predicted octanol–water partition coefficient (Wildman–Crippen LogP) is 8.91. The average molecular weight is 824 g/mol. The lowest BCUT2D eigenvalue weighted by Crippen LogP contribution is -2.16. The number of terminal acetylenes is 2. The monoisotopic (exact) mass is 823 g/mol. The first-order valence-corrected chi connectivity index (χ1v) is 20.9. The summed E-state index contributed by atoms with van der Waals surface area (Å²) in [7, 11) is 0. The van der Waals surface area contributed by atoms with E-state index in [-0.39, 0.29) is 29.8 Å². The summed E-state index contributed by atoms with van der Waals surface area (Å²) in [6.45, 7) is 1.06. The molecular formula is C47H45N5O5S2. The Labute approximate surface area is 353 Å². The Hall–Kier alpha value is -6.02. The molecule has 4 aromatic carbocycles. The molecule has 0 aliphatic heterocycles. The van der Waals surface area contributed by atoms with Crippen LogP contribution in [0.4, 0.5) is 5.00 Å². The molecular weight excluding hydrogens is 779 g/mol. The summed E-state index contributed by atoms with van der Waals surface area (Å²) in [4.78, 5) is 24.6. The fourth-order valence-electron chi connectivity index (χ4n) is 6.96. The van der Waals surface area contributed by atoms with Gasteiger partial charge in [-0.15, -0.1) is 23.0 Å². The third-order valence-electron chi connectivity index (χ3n) is 10.3. The fraction of sp³-hybridized carbons (Fsp3) is 0.277. The van der Waals surface area contributed by atoms with Crippen molar-refractivity contribution in [2.75, 3.05) is 5.73 Å². The molecule has 10 nitrogen and oxygen atoms in total. The van der Waals surface area contributed by atoms with Crippen LogP contribution in [0.25, 0.3) is 22.5 Å². The number of Topliss-reactive ketones (excluding diaryl/α,β-unsaturated/α-hetero) is 1. The number of carboxylic acid groups (broad SMARTS) is 1. The molecule has 4 atom stereocenters. The number of ether oxygens (including phenoxy) is 2. The highest BCUT2D eigenvalue weighted by atomic mass is 32.1. The summed E-state index contributed by atoms with van der Waals surface area (Å²) in [6.07, 6.45) is 16.0. The van der Waals surface area contributed by atoms with Crippen molar-refractivity contribution in [2.24, 2.45) is 11.8 Å². The Bertz CT molecular complexity index is 2330. The zero-order chi connectivity index (χ0) is 41.4. The molecule has 8 rings (SSSR count). The molecule has 0 saturated heterocycles. The molecule has 0 bridgehead atoms. The lowest BCUT2D eigenvalue weighted by molar-refractivity contribution is -0.141. The third kappa shape index (κ3) is 12.5. The van der Waals surface area contributed by atoms with Crippen LogP contribution in [0.1, 0.15) is 65.7 Å². The van der Waals surface area contributed by atoms with Crippen LogP contribution in [0, 0.1) is 36.5 Å². The number of carbonyl (C=O) groups is 2. The first-order valence-electron chi connectivity index (χ1n) is 19.4. The lowest BCUT2D eigenvalue weighted by atomic mass is 9.98. The first kappa shape index (κ1) is 42.6. The number of ketones is 1. The first-order chi connectivity index (χ1) is 28.8. The highest BCUT2D eigenvalue weighted by Gasteiger charge is 2.32. The van der Waals surface area contributed by atoms with E-state index in [9.17, 15) is 9.59 Å². The summed E-state index contributed by atoms with van der Waals surface area (Å²) in [5.41, 5.74) is 13.2. The predicted molar refractivity (Wildman–Crippen MR) is 232 cm³/mol. The average Bonchev–Trinajstić information content (AvgIpc) is 4.12. The van der Waals surface area contributed by atoms with Crippen LogP contribution >= 0.6 is 23.1 Å². The molecule has 12 heteroatoms. The highest BCUT2D eigenvalue weighted by Crippen LogP contribution is 2.33. The minimum Gasteiger partial charge on any atom is -0.481 e. The van der Waals surface area contributed by atoms with Crippen LogP contribution < -0.4 is 5.73 Å². The van der Waals surface area contributed by atoms with E-state index in [0.717, 1.165) is 81.7 Å². The van der Waals surface area contributed by atoms with Crippen molar-refractivity contribution in [1.29, 1.82) is 0 Å². The maximum atomic E-state index is 12.9. The van der Waals surface area contributed by atoms with Gasteiger partial charge in [-0.3, -0.25) is 9.59 Å². The van der Waals surface area contributed by atoms with E-state index in [4.69, 9.17) is 33.2 Å². The second-order valence-corrected chi connectivity index (χ2v) is 15.9. The van der Waals surface area contributed by atoms with Gasteiger partial charge in [0.2, 0.25) is 0 Å². The lowest BCUT2D eigenvalue weighted by Gasteiger charge is -2.12. The number of nitrogens with zero attached hydrogens (tertiary/aromatic N) is 4. The summed E-state index contributed by atoms with van der Waals surface area (Å²) in [6, 6.07) is 35.2. The highest BCUT2D eigenvalue weighted by molar-refractivity contribution is 7.10. The number of nitrogen functional groups attached to an aromatic ring is 1. The number of rotatable bonds is 12. The number of carbonyl (C=O) groups excluding carboxylic acids is 1. The molecule has 2 aliphatic carbocycles. The number of aromatic nitrogens is 4. The van der Waals surface area contributed by atoms with Gasteiger partial charge >= 0.3 is 5.97 Å². The maximum absolute atomic E-state index is 12.9. The third-order valence-corrected chi connectivity index (χ3v) is 11.6. The van der Waals surface area contributed by atoms with Crippen molar-refractivity contribution in [1.82, 2.24) is 19.2 Å². The Kier molecular flexibility index (Phi) is 15.6. The van der Waals surface area contributed by atoms with E-state index in [1.54, 1.807) is 0 Å². The van der Waals surface area contributed by atoms with Crippen molar-refractivity contribution in [2.45, 2.75) is 70.4 Å². The van der Waals surface area contributed by atoms with Gasteiger partial charge < -0.3 is 20.3 Å². The second kappa shape index (κ2) is 21.7. The zero-order valence-electron chi connectivity index (χ0n) is 32.5. The molecule has 2 aromatic heterocycles. The van der Waals surface area contributed by atoms with Gasteiger partial charge in [0.05, 0.1) is 36.2 Å². The van der Waals surface area contributed by atoms with E-state index in [0.29, 0.717) is 31.1 Å². The Morgan fingerprint density at radius 1 is 0.661 bits per heavy atom. The van der Waals surface area contributed by atoms with E-state index in [2.05, 4.69) is 31.0 Å². The van der Waals surface area contributed by atoms with Crippen molar-refractivity contribution in [3.8, 4) is 47.2 Å². The van der Waals surface area contributed by atoms with Crippen molar-refractivity contribution >= 4 is 39.8 Å². The molecule has 6 aromatic rings. The normalized spacial score (nSPS) is 18.0. The molecule has 300 valence electrons. The zero-order valence-corrected chi connectivity index (χ0v) is 34.1. The molecule has 59 heavy (non-hydrogen) atoms. The van der Waals surface area contributed by atoms with E-state index >= 15 is 0 Å². The summed E-state index contributed by atoms with van der Waals surface area (Å²) >= 11 is 2.53. The second-order valence-electron chi connectivity index (χ2n) is 14.3. The van der Waals surface area contributed by atoms with Crippen LogP contribution in [0.5, 0.6) is 0 Å². The van der Waals surface area contributed by atoms with E-state index in [1.807, 2.05) is 109 Å². The van der Waals surface area contributed by atoms with Crippen LogP contribution in [-0.4, -0.2) is 48.2 Å². The van der Waals surface area contributed by atoms with E-state index < -0.39 is 5.97 Å². The molecule has 3 N–H and O–H groups in total. The van der Waals surface area contributed by atoms with Crippen LogP contribution in [0.3, 0.4) is 0 Å². The van der Waals surface area contributed by atoms with Crippen molar-refractivity contribution in [3.05, 3.63) is 136 Å². The van der Waals surface area contributed by atoms with Gasteiger partial charge in [-0.05, 0) is 85.4 Å². The van der Waals surface area contributed by atoms with E-state index in [1.165, 1.54) is 23.1 Å². The van der Waals surface area contributed by atoms with Crippen LogP contribution in [0.2, 0.25) is 0 Å². The van der Waals surface area contributed by atoms with Gasteiger partial charge in [-0.1, -0.05) is 106 Å². The van der Waals surface area contributed by atoms with Gasteiger partial charge in [-0.25, -0.2) is 0 Å². The molecule has 2 aliphatic rings. The minimum atomic E-state index is -0.709. The molecule has 2 fully saturated rings. The van der Waals surface area contributed by atoms with Crippen molar-refractivity contribution < 1.29 is 24.2 Å². The molecule has 0 spiro atoms. The largest absolute Gasteiger partial charge is 0.481 e. The molecule has 2 saturated carbocycles. The van der Waals surface area contributed by atoms with Crippen LogP contribution in [-0.2, 0) is 38.7 Å². The maximum Gasteiger partial charge on any atom is 0.306 e. The number of anilines is 1. The summed E-state index contributed by atoms with van der Waals surface area (Å²) in [5, 5.41) is 17.7. The number of aliphatic carboxylic acids is 1. The number of benzene rings is 4. The number of carboxylic acids is 1. The van der Waals surface area contributed by atoms with Crippen LogP contribution in [0.15, 0.2) is 109 Å². The van der Waals surface area contributed by atoms with Gasteiger partial charge in [-0.2, -0.15) is 0 Å². The van der Waals surface area contributed by atoms with Gasteiger partial charge in [0.15, 0.2) is 0 Å². The standard InChI is InChI=1S/C24H22N2O2S.C15H16O3.C8H7N3S/c1-2-17-8-10-18(11-9-17)16-28-21-13-12-20(14-21)22(27)15-23-24(25-26-29-23)19-6-4-3-5-7-19;1-2-11-3-5-12(6-4-11)10-18-14-8-7-13(9-14)15(16)17;9-8-7(10-11-12-8)6-4-2-1-3-5-6/h1,3-11,20-21H,12-16H2;1,3-6,13-14H,7-10H2,(H,16,17);1-5H,9H2/t20?,21-;13?,14-;/m11./s1. The van der Waals surface area contributed by atoms with Crippen molar-refractivity contribution in [3.63, 3.8) is 0 Å². The summed E-state index contributed by atoms with van der Waals surface area (Å²) < 4.78 is 19.6. The Balaban J connectivity index is 0.000000165. The fourth-order valence-corrected chi connectivity index (χ4v) is 8.09. The van der Waals surface area contributed by atoms with Gasteiger partial charge in [0.1, 0.15) is 22.2 Å². The molecule has 2 unspecified atom stereocenters. The molecule has 2 heterocycles. The smallest absolute Gasteiger partial charge is 0.306 e. The molecule has 0 radical (unpaired) electrons. The number of hydrogen-bond acceptors (Lipinski definition) is 11. The summed E-state index contributed by atoms with van der Waals surface area (Å²) in [5.74, 6) is 4.55. The Morgan fingerprint density at radius 3 is 1.61 bits per heavy atom. The topological polar surface area (TPSA) is 150 Å². The number of hydrogen-bond donors (Lipinski definition) is 2. The van der Waals surface area contributed by atoms with Gasteiger partial charge in [0.25, 0.3) is 0 Å².